The van der Waals surface area contributed by atoms with Gasteiger partial charge in [-0.15, -0.1) is 11.3 Å². The quantitative estimate of drug-likeness (QED) is 0.253. The topological polar surface area (TPSA) is 83.2 Å². The number of aryl methyl sites for hydroxylation is 2. The van der Waals surface area contributed by atoms with Gasteiger partial charge in [0.1, 0.15) is 11.3 Å². The van der Waals surface area contributed by atoms with E-state index < -0.39 is 0 Å². The smallest absolute Gasteiger partial charge is 0.211 e. The van der Waals surface area contributed by atoms with E-state index in [9.17, 15) is 10.2 Å². The van der Waals surface area contributed by atoms with Crippen molar-refractivity contribution >= 4 is 34.2 Å². The third-order valence-electron chi connectivity index (χ3n) is 5.30. The van der Waals surface area contributed by atoms with E-state index in [1.165, 1.54) is 23.6 Å². The van der Waals surface area contributed by atoms with Gasteiger partial charge in [-0.3, -0.25) is 0 Å². The number of para-hydroxylation sites is 2. The molecule has 0 radical (unpaired) electrons. The first kappa shape index (κ1) is 20.8. The Morgan fingerprint density at radius 1 is 0.970 bits per heavy atom. The van der Waals surface area contributed by atoms with Gasteiger partial charge in [0.25, 0.3) is 0 Å². The number of phenolic OH excluding ortho intramolecular Hbond substituents is 2. The summed E-state index contributed by atoms with van der Waals surface area (Å²) in [7, 11) is 0. The summed E-state index contributed by atoms with van der Waals surface area (Å²) in [5, 5.41) is 27.6. The Hall–Kier alpha value is -4.10. The third kappa shape index (κ3) is 4.06. The molecule has 0 atom stereocenters. The van der Waals surface area contributed by atoms with Crippen LogP contribution in [0.1, 0.15) is 16.7 Å². The molecule has 0 saturated carbocycles. The molecule has 5 aromatic rings. The molecule has 2 aromatic heterocycles. The fraction of sp³-hybridized carbons (Fsp3) is 0.0769. The molecule has 5 rings (SSSR count). The number of aromatic hydroxyl groups is 2. The van der Waals surface area contributed by atoms with E-state index in [0.29, 0.717) is 16.1 Å². The molecule has 0 fully saturated rings. The maximum absolute atomic E-state index is 10.2. The molecule has 0 aliphatic rings. The summed E-state index contributed by atoms with van der Waals surface area (Å²) in [6, 6.07) is 20.7. The summed E-state index contributed by atoms with van der Waals surface area (Å²) >= 11 is 1.44. The van der Waals surface area contributed by atoms with Crippen LogP contribution in [0.15, 0.2) is 86.6 Å². The number of rotatable bonds is 4. The molecule has 6 nitrogen and oxygen atoms in total. The van der Waals surface area contributed by atoms with E-state index in [0.717, 1.165) is 33.5 Å². The molecule has 2 heterocycles. The SMILES string of the molecule is Cc1ccc(C)c(N=c2scc(-c3cc4ccccc4o3)n2N=Cc2cccc(O)c2O)c1. The Bertz CT molecular complexity index is 1540. The van der Waals surface area contributed by atoms with Crippen LogP contribution in [-0.4, -0.2) is 21.1 Å². The average Bonchev–Trinajstić information content (AvgIpc) is 3.41. The molecular weight excluding hydrogens is 434 g/mol. The number of aromatic nitrogens is 1. The monoisotopic (exact) mass is 455 g/mol. The first-order chi connectivity index (χ1) is 16.0. The van der Waals surface area contributed by atoms with Gasteiger partial charge >= 0.3 is 0 Å². The lowest BCUT2D eigenvalue weighted by Gasteiger charge is -2.04. The molecule has 7 heteroatoms. The normalized spacial score (nSPS) is 12.2. The van der Waals surface area contributed by atoms with Crippen molar-refractivity contribution in [3.05, 3.63) is 93.6 Å². The van der Waals surface area contributed by atoms with Crippen LogP contribution in [0.4, 0.5) is 5.69 Å². The maximum atomic E-state index is 10.2. The Balaban J connectivity index is 1.70. The fourth-order valence-electron chi connectivity index (χ4n) is 3.48. The van der Waals surface area contributed by atoms with Gasteiger partial charge in [0.2, 0.25) is 4.80 Å². The van der Waals surface area contributed by atoms with Crippen LogP contribution in [0, 0.1) is 13.8 Å². The molecular formula is C26H21N3O3S. The van der Waals surface area contributed by atoms with Crippen molar-refractivity contribution in [2.24, 2.45) is 10.1 Å². The van der Waals surface area contributed by atoms with Crippen molar-refractivity contribution < 1.29 is 14.6 Å². The van der Waals surface area contributed by atoms with Crippen LogP contribution in [0.3, 0.4) is 0 Å². The highest BCUT2D eigenvalue weighted by Gasteiger charge is 2.13. The highest BCUT2D eigenvalue weighted by Crippen LogP contribution is 2.30. The van der Waals surface area contributed by atoms with Crippen LogP contribution in [0.25, 0.3) is 22.4 Å². The molecule has 0 unspecified atom stereocenters. The number of furan rings is 1. The largest absolute Gasteiger partial charge is 0.504 e. The predicted molar refractivity (Wildman–Crippen MR) is 131 cm³/mol. The van der Waals surface area contributed by atoms with Gasteiger partial charge in [-0.05, 0) is 55.3 Å². The van der Waals surface area contributed by atoms with Crippen LogP contribution >= 0.6 is 11.3 Å². The minimum Gasteiger partial charge on any atom is -0.504 e. The van der Waals surface area contributed by atoms with Crippen molar-refractivity contribution in [2.45, 2.75) is 13.8 Å². The Morgan fingerprint density at radius 3 is 2.67 bits per heavy atom. The number of thiazole rings is 1. The minimum absolute atomic E-state index is 0.202. The summed E-state index contributed by atoms with van der Waals surface area (Å²) in [6.07, 6.45) is 1.50. The molecule has 3 aromatic carbocycles. The lowest BCUT2D eigenvalue weighted by molar-refractivity contribution is 0.403. The number of hydrogen-bond acceptors (Lipinski definition) is 6. The number of fused-ring (bicyclic) bond motifs is 1. The Morgan fingerprint density at radius 2 is 1.82 bits per heavy atom. The Labute approximate surface area is 194 Å². The second-order valence-electron chi connectivity index (χ2n) is 7.73. The Kier molecular flexibility index (Phi) is 5.32. The zero-order chi connectivity index (χ0) is 22.9. The van der Waals surface area contributed by atoms with E-state index in [1.54, 1.807) is 16.8 Å². The fourth-order valence-corrected chi connectivity index (χ4v) is 4.31. The molecule has 33 heavy (non-hydrogen) atoms. The highest BCUT2D eigenvalue weighted by molar-refractivity contribution is 7.07. The standard InChI is InChI=1S/C26H21N3O3S/c1-16-10-11-17(2)20(12-16)28-26-29(27-14-19-7-5-8-22(30)25(19)31)21(15-33-26)24-13-18-6-3-4-9-23(18)32-24/h3-15,30-31H,1-2H3. The third-order valence-corrected chi connectivity index (χ3v) is 6.12. The van der Waals surface area contributed by atoms with Crippen LogP contribution < -0.4 is 4.80 Å². The van der Waals surface area contributed by atoms with Crippen LogP contribution in [-0.2, 0) is 0 Å². The summed E-state index contributed by atoms with van der Waals surface area (Å²) in [5.74, 6) is 0.231. The molecule has 0 aliphatic heterocycles. The summed E-state index contributed by atoms with van der Waals surface area (Å²) in [4.78, 5) is 5.52. The summed E-state index contributed by atoms with van der Waals surface area (Å²) < 4.78 is 7.77. The maximum Gasteiger partial charge on any atom is 0.211 e. The van der Waals surface area contributed by atoms with Crippen LogP contribution in [0.5, 0.6) is 11.5 Å². The van der Waals surface area contributed by atoms with E-state index in [1.807, 2.05) is 61.7 Å². The van der Waals surface area contributed by atoms with Crippen molar-refractivity contribution in [3.8, 4) is 23.0 Å². The molecule has 2 N–H and O–H groups in total. The van der Waals surface area contributed by atoms with E-state index in [2.05, 4.69) is 11.2 Å². The zero-order valence-corrected chi connectivity index (χ0v) is 18.9. The van der Waals surface area contributed by atoms with Gasteiger partial charge in [0.15, 0.2) is 17.3 Å². The highest BCUT2D eigenvalue weighted by atomic mass is 32.1. The second kappa shape index (κ2) is 8.44. The van der Waals surface area contributed by atoms with E-state index >= 15 is 0 Å². The number of hydrogen-bond donors (Lipinski definition) is 2. The molecule has 0 spiro atoms. The van der Waals surface area contributed by atoms with Gasteiger partial charge < -0.3 is 14.6 Å². The van der Waals surface area contributed by atoms with Gasteiger partial charge in [0.05, 0.1) is 11.9 Å². The van der Waals surface area contributed by atoms with Gasteiger partial charge in [-0.2, -0.15) is 5.10 Å². The van der Waals surface area contributed by atoms with Gasteiger partial charge in [0, 0.05) is 16.3 Å². The van der Waals surface area contributed by atoms with Crippen molar-refractivity contribution in [3.63, 3.8) is 0 Å². The molecule has 0 bridgehead atoms. The molecule has 0 amide bonds. The van der Waals surface area contributed by atoms with Gasteiger partial charge in [-0.1, -0.05) is 36.4 Å². The zero-order valence-electron chi connectivity index (χ0n) is 18.1. The number of benzene rings is 3. The van der Waals surface area contributed by atoms with Crippen molar-refractivity contribution in [1.82, 2.24) is 4.68 Å². The predicted octanol–water partition coefficient (Wildman–Crippen LogP) is 6.11. The summed E-state index contributed by atoms with van der Waals surface area (Å²) in [5.41, 5.74) is 4.94. The molecule has 0 saturated heterocycles. The first-order valence-corrected chi connectivity index (χ1v) is 11.2. The molecule has 164 valence electrons. The lowest BCUT2D eigenvalue weighted by Crippen LogP contribution is -2.11. The van der Waals surface area contributed by atoms with E-state index in [4.69, 9.17) is 9.41 Å². The van der Waals surface area contributed by atoms with Crippen LogP contribution in [0.2, 0.25) is 0 Å². The first-order valence-electron chi connectivity index (χ1n) is 10.4. The lowest BCUT2D eigenvalue weighted by atomic mass is 10.1. The van der Waals surface area contributed by atoms with Crippen molar-refractivity contribution in [2.75, 3.05) is 0 Å². The summed E-state index contributed by atoms with van der Waals surface area (Å²) in [6.45, 7) is 4.05. The second-order valence-corrected chi connectivity index (χ2v) is 8.56. The van der Waals surface area contributed by atoms with Crippen molar-refractivity contribution in [1.29, 1.82) is 0 Å². The molecule has 0 aliphatic carbocycles. The van der Waals surface area contributed by atoms with Gasteiger partial charge in [-0.25, -0.2) is 9.67 Å². The number of nitrogens with zero attached hydrogens (tertiary/aromatic N) is 3. The average molecular weight is 456 g/mol. The van der Waals surface area contributed by atoms with E-state index in [-0.39, 0.29) is 11.5 Å². The minimum atomic E-state index is -0.226. The number of phenols is 2.